The summed E-state index contributed by atoms with van der Waals surface area (Å²) in [6, 6.07) is 6.22. The Morgan fingerprint density at radius 3 is 2.44 bits per heavy atom. The molecule has 0 radical (unpaired) electrons. The van der Waals surface area contributed by atoms with Crippen molar-refractivity contribution in [2.75, 3.05) is 13.2 Å². The van der Waals surface area contributed by atoms with Gasteiger partial charge >= 0.3 is 0 Å². The van der Waals surface area contributed by atoms with Crippen molar-refractivity contribution in [1.29, 1.82) is 0 Å². The maximum Gasteiger partial charge on any atom is 0.227 e. The fourth-order valence-corrected chi connectivity index (χ4v) is 1.97. The van der Waals surface area contributed by atoms with E-state index in [0.717, 1.165) is 5.56 Å². The lowest BCUT2D eigenvalue weighted by molar-refractivity contribution is -0.132. The summed E-state index contributed by atoms with van der Waals surface area (Å²) in [6.07, 6.45) is 0.402. The SMILES string of the molecule is Cc1ccc(CC(=O)N(CCO)C(C)C)cc1C. The molecule has 0 spiro atoms. The van der Waals surface area contributed by atoms with Crippen LogP contribution in [0.5, 0.6) is 0 Å². The van der Waals surface area contributed by atoms with Gasteiger partial charge in [-0.2, -0.15) is 0 Å². The number of nitrogens with zero attached hydrogens (tertiary/aromatic N) is 1. The number of carbonyl (C=O) groups is 1. The first-order valence-corrected chi connectivity index (χ1v) is 6.42. The molecule has 0 aliphatic carbocycles. The molecule has 0 unspecified atom stereocenters. The number of rotatable bonds is 5. The average Bonchev–Trinajstić information content (AvgIpc) is 2.30. The Bertz CT molecular complexity index is 413. The van der Waals surface area contributed by atoms with Crippen LogP contribution >= 0.6 is 0 Å². The quantitative estimate of drug-likeness (QED) is 0.868. The summed E-state index contributed by atoms with van der Waals surface area (Å²) < 4.78 is 0. The zero-order chi connectivity index (χ0) is 13.7. The van der Waals surface area contributed by atoms with Gasteiger partial charge in [0.25, 0.3) is 0 Å². The number of amides is 1. The molecule has 0 heterocycles. The van der Waals surface area contributed by atoms with Gasteiger partial charge in [-0.05, 0) is 44.4 Å². The molecular formula is C15H23NO2. The van der Waals surface area contributed by atoms with Gasteiger partial charge in [0, 0.05) is 12.6 Å². The molecule has 0 bridgehead atoms. The van der Waals surface area contributed by atoms with Crippen molar-refractivity contribution in [2.45, 2.75) is 40.2 Å². The lowest BCUT2D eigenvalue weighted by atomic mass is 10.0. The van der Waals surface area contributed by atoms with Crippen LogP contribution in [0.25, 0.3) is 0 Å². The first-order chi connectivity index (χ1) is 8.45. The van der Waals surface area contributed by atoms with E-state index in [1.54, 1.807) is 4.90 Å². The molecule has 1 rings (SSSR count). The van der Waals surface area contributed by atoms with Gasteiger partial charge in [-0.1, -0.05) is 18.2 Å². The summed E-state index contributed by atoms with van der Waals surface area (Å²) in [7, 11) is 0. The Labute approximate surface area is 109 Å². The molecule has 0 aliphatic rings. The minimum absolute atomic E-state index is 0.0108. The van der Waals surface area contributed by atoms with Crippen LogP contribution < -0.4 is 0 Å². The molecule has 1 aromatic rings. The van der Waals surface area contributed by atoms with Crippen LogP contribution in [0.2, 0.25) is 0 Å². The third-order valence-electron chi connectivity index (χ3n) is 3.21. The van der Waals surface area contributed by atoms with E-state index in [1.807, 2.05) is 26.0 Å². The highest BCUT2D eigenvalue weighted by Crippen LogP contribution is 2.12. The fourth-order valence-electron chi connectivity index (χ4n) is 1.97. The molecule has 3 heteroatoms. The van der Waals surface area contributed by atoms with Crippen molar-refractivity contribution < 1.29 is 9.90 Å². The maximum atomic E-state index is 12.2. The summed E-state index contributed by atoms with van der Waals surface area (Å²) in [5.74, 6) is 0.0716. The Hall–Kier alpha value is -1.35. The van der Waals surface area contributed by atoms with E-state index in [-0.39, 0.29) is 18.6 Å². The van der Waals surface area contributed by atoms with Crippen LogP contribution in [0, 0.1) is 13.8 Å². The maximum absolute atomic E-state index is 12.2. The minimum Gasteiger partial charge on any atom is -0.395 e. The number of carbonyl (C=O) groups excluding carboxylic acids is 1. The van der Waals surface area contributed by atoms with Gasteiger partial charge in [-0.25, -0.2) is 0 Å². The molecule has 0 saturated heterocycles. The average molecular weight is 249 g/mol. The summed E-state index contributed by atoms with van der Waals surface area (Å²) in [6.45, 7) is 8.46. The third kappa shape index (κ3) is 3.84. The molecule has 1 N–H and O–H groups in total. The highest BCUT2D eigenvalue weighted by atomic mass is 16.3. The predicted molar refractivity (Wildman–Crippen MR) is 73.6 cm³/mol. The zero-order valence-electron chi connectivity index (χ0n) is 11.7. The van der Waals surface area contributed by atoms with E-state index in [1.165, 1.54) is 11.1 Å². The fraction of sp³-hybridized carbons (Fsp3) is 0.533. The Balaban J connectivity index is 2.76. The molecule has 1 aromatic carbocycles. The predicted octanol–water partition coefficient (Wildman–Crippen LogP) is 2.08. The van der Waals surface area contributed by atoms with E-state index in [2.05, 4.69) is 19.9 Å². The van der Waals surface area contributed by atoms with Gasteiger partial charge in [-0.15, -0.1) is 0 Å². The first kappa shape index (κ1) is 14.7. The lowest BCUT2D eigenvalue weighted by Gasteiger charge is -2.26. The van der Waals surface area contributed by atoms with Crippen LogP contribution in [0.1, 0.15) is 30.5 Å². The molecule has 0 aliphatic heterocycles. The van der Waals surface area contributed by atoms with E-state index in [9.17, 15) is 4.79 Å². The Morgan fingerprint density at radius 2 is 1.94 bits per heavy atom. The monoisotopic (exact) mass is 249 g/mol. The molecule has 100 valence electrons. The Kier molecular flexibility index (Phi) is 5.35. The molecule has 1 amide bonds. The highest BCUT2D eigenvalue weighted by molar-refractivity contribution is 5.79. The second-order valence-electron chi connectivity index (χ2n) is 5.00. The summed E-state index contributed by atoms with van der Waals surface area (Å²) >= 11 is 0. The molecule has 3 nitrogen and oxygen atoms in total. The van der Waals surface area contributed by atoms with E-state index in [0.29, 0.717) is 13.0 Å². The third-order valence-corrected chi connectivity index (χ3v) is 3.21. The number of aliphatic hydroxyl groups is 1. The van der Waals surface area contributed by atoms with Crippen molar-refractivity contribution in [2.24, 2.45) is 0 Å². The largest absolute Gasteiger partial charge is 0.395 e. The lowest BCUT2D eigenvalue weighted by Crippen LogP contribution is -2.39. The highest BCUT2D eigenvalue weighted by Gasteiger charge is 2.16. The van der Waals surface area contributed by atoms with Gasteiger partial charge in [0.15, 0.2) is 0 Å². The van der Waals surface area contributed by atoms with Crippen molar-refractivity contribution in [3.63, 3.8) is 0 Å². The number of aliphatic hydroxyl groups excluding tert-OH is 1. The van der Waals surface area contributed by atoms with Crippen molar-refractivity contribution in [3.05, 3.63) is 34.9 Å². The van der Waals surface area contributed by atoms with Crippen molar-refractivity contribution in [1.82, 2.24) is 4.90 Å². The molecule has 18 heavy (non-hydrogen) atoms. The zero-order valence-corrected chi connectivity index (χ0v) is 11.7. The van der Waals surface area contributed by atoms with Crippen LogP contribution in [-0.2, 0) is 11.2 Å². The second kappa shape index (κ2) is 6.55. The molecule has 0 fully saturated rings. The molecule has 0 saturated carbocycles. The number of benzene rings is 1. The standard InChI is InChI=1S/C15H23NO2/c1-11(2)16(7-8-17)15(18)10-14-6-5-12(3)13(4)9-14/h5-6,9,11,17H,7-8,10H2,1-4H3. The molecule has 0 atom stereocenters. The van der Waals surface area contributed by atoms with Gasteiger partial charge in [0.1, 0.15) is 0 Å². The topological polar surface area (TPSA) is 40.5 Å². The molecule has 0 aromatic heterocycles. The van der Waals surface area contributed by atoms with Gasteiger partial charge in [-0.3, -0.25) is 4.79 Å². The van der Waals surface area contributed by atoms with Crippen LogP contribution in [-0.4, -0.2) is 35.1 Å². The van der Waals surface area contributed by atoms with Gasteiger partial charge in [0.05, 0.1) is 13.0 Å². The second-order valence-corrected chi connectivity index (χ2v) is 5.00. The van der Waals surface area contributed by atoms with Crippen LogP contribution in [0.4, 0.5) is 0 Å². The Morgan fingerprint density at radius 1 is 1.28 bits per heavy atom. The summed E-state index contributed by atoms with van der Waals surface area (Å²) in [4.78, 5) is 13.9. The summed E-state index contributed by atoms with van der Waals surface area (Å²) in [5.41, 5.74) is 3.48. The van der Waals surface area contributed by atoms with E-state index < -0.39 is 0 Å². The molecular weight excluding hydrogens is 226 g/mol. The number of aryl methyl sites for hydroxylation is 2. The van der Waals surface area contributed by atoms with E-state index >= 15 is 0 Å². The normalized spacial score (nSPS) is 10.8. The smallest absolute Gasteiger partial charge is 0.227 e. The van der Waals surface area contributed by atoms with Gasteiger partial charge < -0.3 is 10.0 Å². The van der Waals surface area contributed by atoms with Gasteiger partial charge in [0.2, 0.25) is 5.91 Å². The number of hydrogen-bond acceptors (Lipinski definition) is 2. The van der Waals surface area contributed by atoms with E-state index in [4.69, 9.17) is 5.11 Å². The van der Waals surface area contributed by atoms with Crippen molar-refractivity contribution in [3.8, 4) is 0 Å². The number of hydrogen-bond donors (Lipinski definition) is 1. The minimum atomic E-state index is 0.0108. The van der Waals surface area contributed by atoms with Crippen LogP contribution in [0.3, 0.4) is 0 Å². The van der Waals surface area contributed by atoms with Crippen molar-refractivity contribution >= 4 is 5.91 Å². The first-order valence-electron chi connectivity index (χ1n) is 6.42. The van der Waals surface area contributed by atoms with Crippen LogP contribution in [0.15, 0.2) is 18.2 Å². The summed E-state index contributed by atoms with van der Waals surface area (Å²) in [5, 5.41) is 8.99.